The Hall–Kier alpha value is -1.34. The minimum absolute atomic E-state index is 0. The highest BCUT2D eigenvalue weighted by molar-refractivity contribution is 6.32. The van der Waals surface area contributed by atoms with Crippen molar-refractivity contribution in [3.63, 3.8) is 0 Å². The molecule has 0 aliphatic heterocycles. The molecule has 2 rings (SSSR count). The lowest BCUT2D eigenvalue weighted by atomic mass is 10.1. The van der Waals surface area contributed by atoms with Crippen LogP contribution in [0.5, 0.6) is 5.75 Å². The Morgan fingerprint density at radius 2 is 1.57 bits per heavy atom. The Bertz CT molecular complexity index is 862. The summed E-state index contributed by atoms with van der Waals surface area (Å²) in [5.41, 5.74) is 2.12. The number of amides is 1. The van der Waals surface area contributed by atoms with Crippen LogP contribution in [0.25, 0.3) is 0 Å². The smallest absolute Gasteiger partial charge is 0.220 e. The zero-order valence-electron chi connectivity index (χ0n) is 21.9. The van der Waals surface area contributed by atoms with Crippen molar-refractivity contribution in [1.29, 1.82) is 0 Å². The molecule has 0 saturated carbocycles. The zero-order chi connectivity index (χ0) is 24.6. The number of carbonyl (C=O) groups excluding carboxylic acids is 1. The summed E-state index contributed by atoms with van der Waals surface area (Å²) in [6, 6.07) is 12.0. The molecular weight excluding hydrogens is 571 g/mol. The van der Waals surface area contributed by atoms with Gasteiger partial charge in [-0.25, -0.2) is 4.57 Å². The van der Waals surface area contributed by atoms with Crippen molar-refractivity contribution in [2.24, 2.45) is 0 Å². The Kier molecular flexibility index (Phi) is 17.1. The number of carbonyl (C=O) groups is 1. The van der Waals surface area contributed by atoms with E-state index in [1.54, 1.807) is 6.92 Å². The average molecular weight is 615 g/mol. The first-order valence-electron chi connectivity index (χ1n) is 13.2. The molecule has 6 heteroatoms. The van der Waals surface area contributed by atoms with Gasteiger partial charge in [0.05, 0.1) is 11.6 Å². The molecule has 35 heavy (non-hydrogen) atoms. The number of nitrogens with zero attached hydrogens (tertiary/aromatic N) is 2. The first-order chi connectivity index (χ1) is 16.5. The lowest BCUT2D eigenvalue weighted by molar-refractivity contribution is -0.701. The molecule has 0 unspecified atom stereocenters. The van der Waals surface area contributed by atoms with Gasteiger partial charge in [-0.15, -0.1) is 0 Å². The minimum Gasteiger partial charge on any atom is -1.00 e. The third-order valence-corrected chi connectivity index (χ3v) is 6.59. The van der Waals surface area contributed by atoms with Gasteiger partial charge >= 0.3 is 0 Å². The quantitative estimate of drug-likeness (QED) is 0.149. The van der Waals surface area contributed by atoms with Crippen molar-refractivity contribution in [2.45, 2.75) is 105 Å². The second-order valence-corrected chi connectivity index (χ2v) is 9.56. The van der Waals surface area contributed by atoms with Gasteiger partial charge in [0.1, 0.15) is 18.8 Å². The van der Waals surface area contributed by atoms with Crippen molar-refractivity contribution in [2.75, 3.05) is 6.61 Å². The van der Waals surface area contributed by atoms with Crippen molar-refractivity contribution in [1.82, 2.24) is 4.90 Å². The van der Waals surface area contributed by atoms with Gasteiger partial charge in [0.15, 0.2) is 6.20 Å². The summed E-state index contributed by atoms with van der Waals surface area (Å²) in [5, 5.41) is 0.608. The number of unbranched alkanes of at least 4 members (excludes halogenated alkanes) is 9. The van der Waals surface area contributed by atoms with Gasteiger partial charge < -0.3 is 33.6 Å². The maximum atomic E-state index is 12.3. The zero-order valence-corrected chi connectivity index (χ0v) is 24.8. The van der Waals surface area contributed by atoms with E-state index in [1.807, 2.05) is 41.4 Å². The van der Waals surface area contributed by atoms with E-state index < -0.39 is 0 Å². The normalized spacial score (nSPS) is 10.6. The number of aromatic nitrogens is 1. The Balaban J connectivity index is 0.00000612. The van der Waals surface area contributed by atoms with Gasteiger partial charge in [0.25, 0.3) is 0 Å². The molecule has 0 radical (unpaired) electrons. The van der Waals surface area contributed by atoms with E-state index in [4.69, 9.17) is 16.3 Å². The van der Waals surface area contributed by atoms with Crippen LogP contribution in [-0.4, -0.2) is 17.4 Å². The molecule has 2 aromatic rings. The number of halogens is 2. The highest BCUT2D eigenvalue weighted by Gasteiger charge is 2.17. The van der Waals surface area contributed by atoms with Crippen LogP contribution in [0.3, 0.4) is 0 Å². The second-order valence-electron chi connectivity index (χ2n) is 9.15. The van der Waals surface area contributed by atoms with Crippen LogP contribution in [0, 0.1) is 0 Å². The van der Waals surface area contributed by atoms with E-state index in [0.717, 1.165) is 30.0 Å². The molecular formula is C29H44ClIN2O2. The van der Waals surface area contributed by atoms with Gasteiger partial charge in [0, 0.05) is 25.6 Å². The molecule has 4 nitrogen and oxygen atoms in total. The third-order valence-electron chi connectivity index (χ3n) is 6.30. The maximum Gasteiger partial charge on any atom is 0.220 e. The maximum absolute atomic E-state index is 12.3. The summed E-state index contributed by atoms with van der Waals surface area (Å²) in [4.78, 5) is 14.1. The van der Waals surface area contributed by atoms with Crippen LogP contribution >= 0.6 is 11.6 Å². The monoisotopic (exact) mass is 614 g/mol. The van der Waals surface area contributed by atoms with Crippen LogP contribution in [-0.2, 0) is 24.4 Å². The van der Waals surface area contributed by atoms with E-state index in [0.29, 0.717) is 24.7 Å². The van der Waals surface area contributed by atoms with E-state index in [2.05, 4.69) is 24.5 Å². The summed E-state index contributed by atoms with van der Waals surface area (Å²) >= 11 is 6.50. The topological polar surface area (TPSA) is 33.4 Å². The van der Waals surface area contributed by atoms with Crippen molar-refractivity contribution < 1.29 is 38.1 Å². The van der Waals surface area contributed by atoms with E-state index in [1.165, 1.54) is 57.8 Å². The van der Waals surface area contributed by atoms with Crippen LogP contribution < -0.4 is 33.3 Å². The molecule has 1 heterocycles. The molecule has 0 bridgehead atoms. The fourth-order valence-electron chi connectivity index (χ4n) is 4.19. The second kappa shape index (κ2) is 18.9. The number of aryl methyl sites for hydroxylation is 1. The minimum atomic E-state index is 0. The largest absolute Gasteiger partial charge is 1.00 e. The Morgan fingerprint density at radius 3 is 2.17 bits per heavy atom. The van der Waals surface area contributed by atoms with E-state index in [9.17, 15) is 4.79 Å². The fourth-order valence-corrected chi connectivity index (χ4v) is 4.45. The molecule has 0 saturated heterocycles. The first-order valence-corrected chi connectivity index (χ1v) is 13.6. The standard InChI is InChI=1S/C29H44ClN2O2.HI/c1-4-6-7-8-9-10-11-12-13-16-21-34-29-19-18-26(22-28(29)30)23-32(25(3)33)24-27-17-14-15-20-31(27)5-2;/h14-15,17-20,22H,4-13,16,21,23-24H2,1-3H3;1H/q+1;/p-1. The lowest BCUT2D eigenvalue weighted by Gasteiger charge is -2.20. The molecule has 0 aliphatic carbocycles. The van der Waals surface area contributed by atoms with Gasteiger partial charge in [-0.1, -0.05) is 88.4 Å². The predicted molar refractivity (Wildman–Crippen MR) is 141 cm³/mol. The third kappa shape index (κ3) is 12.4. The highest BCUT2D eigenvalue weighted by Crippen LogP contribution is 2.26. The molecule has 0 aliphatic rings. The predicted octanol–water partition coefficient (Wildman–Crippen LogP) is 4.50. The summed E-state index contributed by atoms with van der Waals surface area (Å²) in [6.07, 6.45) is 15.1. The summed E-state index contributed by atoms with van der Waals surface area (Å²) in [6.45, 7) is 8.64. The summed E-state index contributed by atoms with van der Waals surface area (Å²) < 4.78 is 8.09. The molecule has 196 valence electrons. The van der Waals surface area contributed by atoms with Gasteiger partial charge in [-0.3, -0.25) is 4.79 Å². The average Bonchev–Trinajstić information content (AvgIpc) is 2.83. The van der Waals surface area contributed by atoms with Crippen molar-refractivity contribution >= 4 is 17.5 Å². The molecule has 1 aromatic carbocycles. The molecule has 1 aromatic heterocycles. The van der Waals surface area contributed by atoms with Crippen LogP contribution in [0.15, 0.2) is 42.6 Å². The first kappa shape index (κ1) is 31.7. The number of pyridine rings is 1. The summed E-state index contributed by atoms with van der Waals surface area (Å²) in [7, 11) is 0. The van der Waals surface area contributed by atoms with Gasteiger partial charge in [-0.2, -0.15) is 0 Å². The highest BCUT2D eigenvalue weighted by atomic mass is 127. The van der Waals surface area contributed by atoms with Crippen LogP contribution in [0.2, 0.25) is 5.02 Å². The molecule has 1 amide bonds. The molecule has 0 spiro atoms. The van der Waals surface area contributed by atoms with Crippen LogP contribution in [0.4, 0.5) is 0 Å². The van der Waals surface area contributed by atoms with E-state index in [-0.39, 0.29) is 29.9 Å². The van der Waals surface area contributed by atoms with Crippen molar-refractivity contribution in [3.05, 3.63) is 58.9 Å². The SMILES string of the molecule is CCCCCCCCCCCCOc1ccc(CN(Cc2cccc[n+]2CC)C(C)=O)cc1Cl.[I-]. The van der Waals surface area contributed by atoms with Crippen LogP contribution in [0.1, 0.15) is 96.2 Å². The summed E-state index contributed by atoms with van der Waals surface area (Å²) in [5.74, 6) is 0.770. The molecule has 0 fully saturated rings. The fraction of sp³-hybridized carbons (Fsp3) is 0.586. The van der Waals surface area contributed by atoms with Gasteiger partial charge in [0.2, 0.25) is 11.6 Å². The Labute approximate surface area is 235 Å². The number of hydrogen-bond acceptors (Lipinski definition) is 2. The lowest BCUT2D eigenvalue weighted by Crippen LogP contribution is -3.00. The molecule has 0 atom stereocenters. The Morgan fingerprint density at radius 1 is 0.914 bits per heavy atom. The van der Waals surface area contributed by atoms with Gasteiger partial charge in [-0.05, 0) is 31.0 Å². The van der Waals surface area contributed by atoms with Crippen molar-refractivity contribution in [3.8, 4) is 5.75 Å². The number of benzene rings is 1. The molecule has 0 N–H and O–H groups in total. The number of hydrogen-bond donors (Lipinski definition) is 0. The number of ether oxygens (including phenoxy) is 1. The van der Waals surface area contributed by atoms with E-state index >= 15 is 0 Å². The number of rotatable bonds is 17.